The Kier molecular flexibility index (Phi) is 9.51. The van der Waals surface area contributed by atoms with Gasteiger partial charge in [-0.05, 0) is 69.3 Å². The Labute approximate surface area is 219 Å². The van der Waals surface area contributed by atoms with Gasteiger partial charge in [-0.2, -0.15) is 11.8 Å². The zero-order chi connectivity index (χ0) is 27.0. The number of thioether (sulfide) groups is 1. The average molecular weight is 532 g/mol. The van der Waals surface area contributed by atoms with E-state index in [4.69, 9.17) is 10.5 Å². The van der Waals surface area contributed by atoms with E-state index in [1.165, 1.54) is 18.2 Å². The summed E-state index contributed by atoms with van der Waals surface area (Å²) < 4.78 is 38.8. The number of halogens is 2. The van der Waals surface area contributed by atoms with E-state index < -0.39 is 23.3 Å². The predicted octanol–water partition coefficient (Wildman–Crippen LogP) is 6.10. The highest BCUT2D eigenvalue weighted by molar-refractivity contribution is 7.97. The molecule has 0 saturated heterocycles. The number of carbonyl (C=O) groups excluding carboxylic acids is 1. The highest BCUT2D eigenvalue weighted by Gasteiger charge is 2.16. The molecule has 0 saturated carbocycles. The summed E-state index contributed by atoms with van der Waals surface area (Å²) in [6.07, 6.45) is 3.13. The summed E-state index contributed by atoms with van der Waals surface area (Å²) in [5, 5.41) is 6.29. The van der Waals surface area contributed by atoms with Crippen LogP contribution in [0, 0.1) is 11.6 Å². The van der Waals surface area contributed by atoms with E-state index in [1.54, 1.807) is 32.5 Å². The number of amides is 1. The van der Waals surface area contributed by atoms with Crippen molar-refractivity contribution in [3.05, 3.63) is 59.8 Å². The molecule has 37 heavy (non-hydrogen) atoms. The Bertz CT molecular complexity index is 1240. The number of anilines is 3. The second kappa shape index (κ2) is 12.6. The number of hydrogen-bond acceptors (Lipinski definition) is 8. The molecular formula is C26H31F2N5O3S. The smallest absolute Gasteiger partial charge is 0.405 e. The van der Waals surface area contributed by atoms with Crippen molar-refractivity contribution in [2.24, 2.45) is 5.73 Å². The van der Waals surface area contributed by atoms with Crippen LogP contribution in [0.4, 0.5) is 30.9 Å². The molecule has 8 nitrogen and oxygen atoms in total. The molecule has 0 atom stereocenters. The van der Waals surface area contributed by atoms with Crippen LogP contribution in [0.5, 0.6) is 5.75 Å². The summed E-state index contributed by atoms with van der Waals surface area (Å²) in [5.74, 6) is 0.850. The predicted molar refractivity (Wildman–Crippen MR) is 143 cm³/mol. The minimum atomic E-state index is -0.725. The van der Waals surface area contributed by atoms with Gasteiger partial charge in [-0.3, -0.25) is 0 Å². The number of primary amides is 1. The third-order valence-electron chi connectivity index (χ3n) is 4.83. The summed E-state index contributed by atoms with van der Waals surface area (Å²) in [6, 6.07) is 10.0. The first-order valence-corrected chi connectivity index (χ1v) is 13.0. The lowest BCUT2D eigenvalue weighted by atomic mass is 10.1. The molecule has 0 radical (unpaired) electrons. The lowest BCUT2D eigenvalue weighted by Crippen LogP contribution is -2.27. The molecule has 0 aliphatic carbocycles. The van der Waals surface area contributed by atoms with E-state index in [9.17, 15) is 13.6 Å². The molecule has 0 unspecified atom stereocenters. The van der Waals surface area contributed by atoms with Crippen molar-refractivity contribution in [3.8, 4) is 17.0 Å². The number of carbonyl (C=O) groups is 1. The van der Waals surface area contributed by atoms with Crippen LogP contribution in [-0.2, 0) is 10.5 Å². The van der Waals surface area contributed by atoms with Crippen LogP contribution in [0.3, 0.4) is 0 Å². The van der Waals surface area contributed by atoms with Crippen molar-refractivity contribution in [2.45, 2.75) is 38.5 Å². The Morgan fingerprint density at radius 2 is 2.00 bits per heavy atom. The van der Waals surface area contributed by atoms with Crippen LogP contribution < -0.4 is 21.1 Å². The van der Waals surface area contributed by atoms with Crippen LogP contribution in [0.2, 0.25) is 0 Å². The molecule has 11 heteroatoms. The van der Waals surface area contributed by atoms with Gasteiger partial charge in [0.15, 0.2) is 5.82 Å². The molecule has 1 aromatic heterocycles. The number of fused-ring (bicyclic) bond motifs is 6. The third kappa shape index (κ3) is 8.78. The van der Waals surface area contributed by atoms with Gasteiger partial charge in [-0.15, -0.1) is 0 Å². The van der Waals surface area contributed by atoms with Crippen LogP contribution >= 0.6 is 11.8 Å². The largest absolute Gasteiger partial charge is 0.493 e. The van der Waals surface area contributed by atoms with E-state index in [0.29, 0.717) is 30.8 Å². The maximum absolute atomic E-state index is 14.5. The Morgan fingerprint density at radius 1 is 1.22 bits per heavy atom. The molecule has 0 fully saturated rings. The first-order chi connectivity index (χ1) is 17.5. The van der Waals surface area contributed by atoms with Gasteiger partial charge in [0, 0.05) is 35.3 Å². The minimum absolute atomic E-state index is 0.110. The highest BCUT2D eigenvalue weighted by Crippen LogP contribution is 2.31. The SMILES string of the molecule is CC(C)(C)OC(N)=O.CSCc1cc2cc(c1)OCCCNc1cc(F)ccc1-c1nc(ncc1F)N2. The van der Waals surface area contributed by atoms with Crippen molar-refractivity contribution >= 4 is 35.2 Å². The van der Waals surface area contributed by atoms with Crippen molar-refractivity contribution in [1.29, 1.82) is 0 Å². The lowest BCUT2D eigenvalue weighted by Gasteiger charge is -2.16. The second-order valence-electron chi connectivity index (χ2n) is 9.17. The van der Waals surface area contributed by atoms with Gasteiger partial charge in [0.25, 0.3) is 0 Å². The van der Waals surface area contributed by atoms with Crippen molar-refractivity contribution in [2.75, 3.05) is 30.0 Å². The normalized spacial score (nSPS) is 12.8. The number of rotatable bonds is 2. The van der Waals surface area contributed by atoms with Gasteiger partial charge in [-0.25, -0.2) is 23.5 Å². The van der Waals surface area contributed by atoms with E-state index in [2.05, 4.69) is 25.3 Å². The standard InChI is InChI=1S/C21H20F2N4OS.C5H11NO2/c1-29-12-13-7-15-10-16(8-13)28-6-2-5-24-19-9-14(22)3-4-17(19)20-18(23)11-25-21(26-15)27-20;1-5(2,3)8-4(6)7/h3-4,7-11,24H,2,5-6,12H2,1H3,(H,25,26,27);1-3H3,(H2,6,7). The molecule has 198 valence electrons. The first-order valence-electron chi connectivity index (χ1n) is 11.6. The Hall–Kier alpha value is -3.60. The number of benzene rings is 2. The number of nitrogens with two attached hydrogens (primary N) is 1. The third-order valence-corrected chi connectivity index (χ3v) is 5.45. The fourth-order valence-corrected chi connectivity index (χ4v) is 3.97. The van der Waals surface area contributed by atoms with Crippen LogP contribution in [0.25, 0.3) is 11.3 Å². The van der Waals surface area contributed by atoms with E-state index in [1.807, 2.05) is 24.5 Å². The second-order valence-corrected chi connectivity index (χ2v) is 10.0. The monoisotopic (exact) mass is 531 g/mol. The quantitative estimate of drug-likeness (QED) is 0.364. The Morgan fingerprint density at radius 3 is 2.68 bits per heavy atom. The van der Waals surface area contributed by atoms with Crippen molar-refractivity contribution < 1.29 is 23.0 Å². The number of aromatic nitrogens is 2. The highest BCUT2D eigenvalue weighted by atomic mass is 32.2. The van der Waals surface area contributed by atoms with Gasteiger partial charge in [0.1, 0.15) is 22.9 Å². The number of nitrogens with zero attached hydrogens (tertiary/aromatic N) is 2. The summed E-state index contributed by atoms with van der Waals surface area (Å²) in [6.45, 7) is 6.33. The molecule has 2 aromatic carbocycles. The minimum Gasteiger partial charge on any atom is -0.493 e. The number of ether oxygens (including phenoxy) is 2. The van der Waals surface area contributed by atoms with Crippen LogP contribution in [0.1, 0.15) is 32.8 Å². The summed E-state index contributed by atoms with van der Waals surface area (Å²) >= 11 is 1.71. The number of nitrogens with one attached hydrogen (secondary N) is 2. The van der Waals surface area contributed by atoms with Gasteiger partial charge < -0.3 is 25.8 Å². The summed E-state index contributed by atoms with van der Waals surface area (Å²) in [5.41, 5.74) is 7.19. The molecule has 1 aliphatic rings. The summed E-state index contributed by atoms with van der Waals surface area (Å²) in [7, 11) is 0. The van der Waals surface area contributed by atoms with E-state index in [0.717, 1.165) is 29.0 Å². The van der Waals surface area contributed by atoms with Crippen molar-refractivity contribution in [1.82, 2.24) is 9.97 Å². The summed E-state index contributed by atoms with van der Waals surface area (Å²) in [4.78, 5) is 18.4. The van der Waals surface area contributed by atoms with E-state index >= 15 is 0 Å². The topological polar surface area (TPSA) is 111 Å². The Balaban J connectivity index is 0.000000414. The molecule has 3 aromatic rings. The van der Waals surface area contributed by atoms with Crippen molar-refractivity contribution in [3.63, 3.8) is 0 Å². The zero-order valence-electron chi connectivity index (χ0n) is 21.2. The maximum atomic E-state index is 14.5. The molecule has 1 amide bonds. The molecule has 4 N–H and O–H groups in total. The molecule has 0 spiro atoms. The first kappa shape index (κ1) is 28.0. The van der Waals surface area contributed by atoms with E-state index in [-0.39, 0.29) is 11.6 Å². The van der Waals surface area contributed by atoms with Gasteiger partial charge in [0.2, 0.25) is 5.95 Å². The molecule has 4 bridgehead atoms. The molecular weight excluding hydrogens is 500 g/mol. The molecule has 1 aliphatic heterocycles. The van der Waals surface area contributed by atoms with Gasteiger partial charge >= 0.3 is 6.09 Å². The lowest BCUT2D eigenvalue weighted by molar-refractivity contribution is 0.0600. The maximum Gasteiger partial charge on any atom is 0.405 e. The van der Waals surface area contributed by atoms with Crippen LogP contribution in [0.15, 0.2) is 42.6 Å². The molecule has 2 heterocycles. The zero-order valence-corrected chi connectivity index (χ0v) is 22.0. The van der Waals surface area contributed by atoms with Gasteiger partial charge in [-0.1, -0.05) is 0 Å². The fourth-order valence-electron chi connectivity index (χ4n) is 3.47. The average Bonchev–Trinajstić information content (AvgIpc) is 2.79. The molecule has 4 rings (SSSR count). The fraction of sp³-hybridized carbons (Fsp3) is 0.346. The number of hydrogen-bond donors (Lipinski definition) is 3. The van der Waals surface area contributed by atoms with Crippen LogP contribution in [-0.4, -0.2) is 41.1 Å². The van der Waals surface area contributed by atoms with Gasteiger partial charge in [0.05, 0.1) is 12.8 Å².